The van der Waals surface area contributed by atoms with Gasteiger partial charge >= 0.3 is 12.2 Å². The van der Waals surface area contributed by atoms with Crippen molar-refractivity contribution in [2.75, 3.05) is 11.9 Å². The quantitative estimate of drug-likeness (QED) is 0.372. The molecule has 11 heteroatoms. The number of hydrogen-bond acceptors (Lipinski definition) is 4. The molecule has 0 unspecified atom stereocenters. The molecule has 0 aliphatic heterocycles. The first-order chi connectivity index (χ1) is 16.2. The number of carbonyl (C=O) groups excluding carboxylic acids is 1. The standard InChI is InChI=1S/C22H18F3N5O.CH2O2/c1-14-5-6-17(11-26-14)15-7-8-30-19(12-27-20(30)10-15)16-3-2-4-18(9-16)29-21(31)28-13-22(23,24)25;2-1-3/h2-12H,13H2,1H3,(H2,28,29,31);1H,(H,2,3). The van der Waals surface area contributed by atoms with Crippen LogP contribution in [0.2, 0.25) is 0 Å². The lowest BCUT2D eigenvalue weighted by atomic mass is 10.1. The number of rotatable bonds is 4. The number of pyridine rings is 2. The zero-order valence-electron chi connectivity index (χ0n) is 17.9. The maximum absolute atomic E-state index is 12.3. The van der Waals surface area contributed by atoms with Crippen molar-refractivity contribution < 1.29 is 27.9 Å². The number of aryl methyl sites for hydroxylation is 1. The maximum atomic E-state index is 12.3. The molecule has 0 radical (unpaired) electrons. The Hall–Kier alpha value is -4.41. The molecule has 0 saturated carbocycles. The number of fused-ring (bicyclic) bond motifs is 1. The van der Waals surface area contributed by atoms with Crippen molar-refractivity contribution in [3.63, 3.8) is 0 Å². The summed E-state index contributed by atoms with van der Waals surface area (Å²) in [5.41, 5.74) is 5.54. The van der Waals surface area contributed by atoms with Crippen molar-refractivity contribution in [3.8, 4) is 22.4 Å². The van der Waals surface area contributed by atoms with Crippen molar-refractivity contribution in [3.05, 3.63) is 72.8 Å². The Balaban J connectivity index is 0.00000103. The molecule has 3 N–H and O–H groups in total. The Morgan fingerprint density at radius 1 is 1.06 bits per heavy atom. The highest BCUT2D eigenvalue weighted by molar-refractivity contribution is 5.90. The van der Waals surface area contributed by atoms with E-state index in [0.717, 1.165) is 33.7 Å². The summed E-state index contributed by atoms with van der Waals surface area (Å²) in [5.74, 6) is 0. The predicted octanol–water partition coefficient (Wildman–Crippen LogP) is 4.76. The van der Waals surface area contributed by atoms with Crippen LogP contribution in [-0.4, -0.2) is 44.7 Å². The van der Waals surface area contributed by atoms with Crippen molar-refractivity contribution >= 4 is 23.8 Å². The number of nitrogens with one attached hydrogen (secondary N) is 2. The van der Waals surface area contributed by atoms with Gasteiger partial charge in [0.05, 0.1) is 11.9 Å². The molecule has 0 atom stereocenters. The lowest BCUT2D eigenvalue weighted by molar-refractivity contribution is -0.123. The molecule has 0 fully saturated rings. The molecule has 2 amide bonds. The highest BCUT2D eigenvalue weighted by Crippen LogP contribution is 2.26. The van der Waals surface area contributed by atoms with Gasteiger partial charge in [0, 0.05) is 34.9 Å². The summed E-state index contributed by atoms with van der Waals surface area (Å²) in [4.78, 5) is 28.9. The van der Waals surface area contributed by atoms with Crippen molar-refractivity contribution in [1.29, 1.82) is 0 Å². The van der Waals surface area contributed by atoms with Gasteiger partial charge in [-0.2, -0.15) is 13.2 Å². The number of hydrogen-bond donors (Lipinski definition) is 3. The smallest absolute Gasteiger partial charge is 0.405 e. The molecule has 4 aromatic rings. The van der Waals surface area contributed by atoms with Gasteiger partial charge in [0.25, 0.3) is 6.47 Å². The average molecular weight is 471 g/mol. The zero-order valence-corrected chi connectivity index (χ0v) is 17.9. The summed E-state index contributed by atoms with van der Waals surface area (Å²) in [5, 5.41) is 11.1. The largest absolute Gasteiger partial charge is 0.483 e. The number of benzene rings is 1. The Morgan fingerprint density at radius 2 is 1.82 bits per heavy atom. The lowest BCUT2D eigenvalue weighted by Gasteiger charge is -2.11. The SMILES string of the molecule is Cc1ccc(-c2ccn3c(-c4cccc(NC(=O)NCC(F)(F)F)c4)cnc3c2)cn1.O=CO. The minimum Gasteiger partial charge on any atom is -0.483 e. The van der Waals surface area contributed by atoms with Crippen LogP contribution < -0.4 is 10.6 Å². The Kier molecular flexibility index (Phi) is 7.46. The fraction of sp³-hybridized carbons (Fsp3) is 0.130. The van der Waals surface area contributed by atoms with Crippen LogP contribution in [0.25, 0.3) is 28.0 Å². The molecule has 3 aromatic heterocycles. The van der Waals surface area contributed by atoms with Gasteiger partial charge in [-0.1, -0.05) is 18.2 Å². The van der Waals surface area contributed by atoms with Crippen LogP contribution in [0.4, 0.5) is 23.7 Å². The normalized spacial score (nSPS) is 10.8. The van der Waals surface area contributed by atoms with Gasteiger partial charge in [-0.3, -0.25) is 14.2 Å². The summed E-state index contributed by atoms with van der Waals surface area (Å²) in [6, 6.07) is 13.7. The molecule has 176 valence electrons. The van der Waals surface area contributed by atoms with Gasteiger partial charge in [0.15, 0.2) is 0 Å². The second-order valence-electron chi connectivity index (χ2n) is 7.08. The Morgan fingerprint density at radius 3 is 2.50 bits per heavy atom. The highest BCUT2D eigenvalue weighted by atomic mass is 19.4. The Bertz CT molecular complexity index is 1290. The van der Waals surface area contributed by atoms with Gasteiger partial charge < -0.3 is 15.7 Å². The molecular formula is C23H20F3N5O3. The molecule has 3 heterocycles. The summed E-state index contributed by atoms with van der Waals surface area (Å²) < 4.78 is 38.7. The molecule has 1 aromatic carbocycles. The van der Waals surface area contributed by atoms with Crippen LogP contribution in [0, 0.1) is 6.92 Å². The number of aromatic nitrogens is 3. The van der Waals surface area contributed by atoms with E-state index in [4.69, 9.17) is 9.90 Å². The van der Waals surface area contributed by atoms with Gasteiger partial charge in [0.2, 0.25) is 0 Å². The number of nitrogens with zero attached hydrogens (tertiary/aromatic N) is 3. The van der Waals surface area contributed by atoms with E-state index >= 15 is 0 Å². The zero-order chi connectivity index (χ0) is 24.7. The van der Waals surface area contributed by atoms with Crippen LogP contribution in [0.3, 0.4) is 0 Å². The van der Waals surface area contributed by atoms with E-state index in [1.807, 2.05) is 54.0 Å². The lowest BCUT2D eigenvalue weighted by Crippen LogP contribution is -2.36. The number of urea groups is 1. The third-order valence-electron chi connectivity index (χ3n) is 4.62. The number of imidazole rings is 1. The fourth-order valence-electron chi connectivity index (χ4n) is 3.12. The first-order valence-electron chi connectivity index (χ1n) is 9.90. The topological polar surface area (TPSA) is 109 Å². The number of carbonyl (C=O) groups is 2. The predicted molar refractivity (Wildman–Crippen MR) is 120 cm³/mol. The highest BCUT2D eigenvalue weighted by Gasteiger charge is 2.27. The molecule has 0 aliphatic rings. The van der Waals surface area contributed by atoms with Crippen LogP contribution in [0.1, 0.15) is 5.69 Å². The maximum Gasteiger partial charge on any atom is 0.405 e. The number of anilines is 1. The third kappa shape index (κ3) is 6.31. The number of halogens is 3. The molecule has 0 saturated heterocycles. The van der Waals surface area contributed by atoms with Gasteiger partial charge in [-0.15, -0.1) is 0 Å². The minimum absolute atomic E-state index is 0.250. The van der Waals surface area contributed by atoms with Crippen LogP contribution in [0.5, 0.6) is 0 Å². The van der Waals surface area contributed by atoms with Gasteiger partial charge in [0.1, 0.15) is 12.2 Å². The van der Waals surface area contributed by atoms with Crippen molar-refractivity contribution in [1.82, 2.24) is 19.7 Å². The van der Waals surface area contributed by atoms with E-state index in [-0.39, 0.29) is 6.47 Å². The summed E-state index contributed by atoms with van der Waals surface area (Å²) >= 11 is 0. The number of alkyl halides is 3. The number of amides is 2. The second kappa shape index (κ2) is 10.5. The minimum atomic E-state index is -4.47. The van der Waals surface area contributed by atoms with E-state index in [1.165, 1.54) is 0 Å². The van der Waals surface area contributed by atoms with Crippen molar-refractivity contribution in [2.45, 2.75) is 13.1 Å². The van der Waals surface area contributed by atoms with Crippen LogP contribution >= 0.6 is 0 Å². The van der Waals surface area contributed by atoms with E-state index in [0.29, 0.717) is 5.69 Å². The van der Waals surface area contributed by atoms with Gasteiger partial charge in [-0.05, 0) is 42.8 Å². The molecule has 0 bridgehead atoms. The number of carboxylic acid groups (broad SMARTS) is 1. The molecule has 0 aliphatic carbocycles. The Labute approximate surface area is 192 Å². The molecule has 8 nitrogen and oxygen atoms in total. The van der Waals surface area contributed by atoms with E-state index in [2.05, 4.69) is 15.3 Å². The van der Waals surface area contributed by atoms with E-state index in [9.17, 15) is 18.0 Å². The summed E-state index contributed by atoms with van der Waals surface area (Å²) in [7, 11) is 0. The van der Waals surface area contributed by atoms with Gasteiger partial charge in [-0.25, -0.2) is 9.78 Å². The third-order valence-corrected chi connectivity index (χ3v) is 4.62. The molecule has 34 heavy (non-hydrogen) atoms. The molecular weight excluding hydrogens is 451 g/mol. The molecule has 4 rings (SSSR count). The average Bonchev–Trinajstić information content (AvgIpc) is 3.22. The monoisotopic (exact) mass is 471 g/mol. The van der Waals surface area contributed by atoms with Crippen LogP contribution in [-0.2, 0) is 4.79 Å². The first kappa shape index (κ1) is 24.2. The van der Waals surface area contributed by atoms with Crippen LogP contribution in [0.15, 0.2) is 67.1 Å². The second-order valence-corrected chi connectivity index (χ2v) is 7.08. The summed E-state index contributed by atoms with van der Waals surface area (Å²) in [6.45, 7) is 0.279. The molecule has 0 spiro atoms. The van der Waals surface area contributed by atoms with E-state index in [1.54, 1.807) is 29.7 Å². The van der Waals surface area contributed by atoms with Crippen molar-refractivity contribution in [2.24, 2.45) is 0 Å². The van der Waals surface area contributed by atoms with E-state index < -0.39 is 18.8 Å². The first-order valence-corrected chi connectivity index (χ1v) is 9.90. The summed E-state index contributed by atoms with van der Waals surface area (Å²) in [6.07, 6.45) is 0.936. The fourth-order valence-corrected chi connectivity index (χ4v) is 3.12.